The van der Waals surface area contributed by atoms with E-state index in [9.17, 15) is 18.0 Å². The van der Waals surface area contributed by atoms with Gasteiger partial charge < -0.3 is 9.47 Å². The Balaban J connectivity index is 1.72. The van der Waals surface area contributed by atoms with Crippen molar-refractivity contribution in [3.63, 3.8) is 0 Å². The molecule has 0 spiro atoms. The molecule has 0 saturated heterocycles. The van der Waals surface area contributed by atoms with E-state index in [0.717, 1.165) is 17.2 Å². The van der Waals surface area contributed by atoms with Gasteiger partial charge in [-0.15, -0.1) is 0 Å². The summed E-state index contributed by atoms with van der Waals surface area (Å²) in [5.41, 5.74) is 1.56. The van der Waals surface area contributed by atoms with Crippen LogP contribution in [0, 0.1) is 0 Å². The van der Waals surface area contributed by atoms with Gasteiger partial charge in [-0.3, -0.25) is 9.69 Å². The smallest absolute Gasteiger partial charge is 0.417 e. The van der Waals surface area contributed by atoms with Gasteiger partial charge in [0, 0.05) is 19.6 Å². The van der Waals surface area contributed by atoms with Gasteiger partial charge in [0.05, 0.1) is 30.2 Å². The van der Waals surface area contributed by atoms with Crippen LogP contribution in [0.15, 0.2) is 72.8 Å². The van der Waals surface area contributed by atoms with Gasteiger partial charge in [-0.25, -0.2) is 0 Å². The summed E-state index contributed by atoms with van der Waals surface area (Å²) in [6.45, 7) is 5.55. The highest BCUT2D eigenvalue weighted by molar-refractivity contribution is 6.32. The second-order valence-corrected chi connectivity index (χ2v) is 9.82. The third-order valence-electron chi connectivity index (χ3n) is 6.34. The first-order valence-corrected chi connectivity index (χ1v) is 12.9. The lowest BCUT2D eigenvalue weighted by atomic mass is 10.00. The first-order chi connectivity index (χ1) is 18.1. The summed E-state index contributed by atoms with van der Waals surface area (Å²) in [7, 11) is 1.35. The van der Waals surface area contributed by atoms with E-state index >= 15 is 0 Å². The summed E-state index contributed by atoms with van der Waals surface area (Å²) < 4.78 is 51.1. The molecule has 204 valence electrons. The molecule has 3 rings (SSSR count). The number of ether oxygens (including phenoxy) is 2. The standard InChI is InChI=1S/C30H33ClF3NO3/c1-21(24-10-5-4-6-11-24)19-35(20-25-12-8-14-27(29(25)31)30(32,33)34)16-15-22(2)38-26-13-7-9-23(17-26)18-28(36)37-3/h4-14,17,21-22H,15-16,18-20H2,1-3H3/t21?,22-/m1/s1. The maximum atomic E-state index is 13.4. The molecule has 4 nitrogen and oxygen atoms in total. The lowest BCUT2D eigenvalue weighted by molar-refractivity contribution is -0.140. The largest absolute Gasteiger partial charge is 0.491 e. The first kappa shape index (κ1) is 29.5. The number of alkyl halides is 3. The van der Waals surface area contributed by atoms with E-state index in [0.29, 0.717) is 30.8 Å². The Labute approximate surface area is 227 Å². The fourth-order valence-corrected chi connectivity index (χ4v) is 4.59. The molecule has 38 heavy (non-hydrogen) atoms. The molecule has 0 aromatic heterocycles. The average Bonchev–Trinajstić information content (AvgIpc) is 2.88. The van der Waals surface area contributed by atoms with Crippen molar-refractivity contribution in [1.82, 2.24) is 4.90 Å². The fraction of sp³-hybridized carbons (Fsp3) is 0.367. The Kier molecular flexibility index (Phi) is 10.6. The van der Waals surface area contributed by atoms with Crippen molar-refractivity contribution in [2.75, 3.05) is 20.2 Å². The van der Waals surface area contributed by atoms with Crippen molar-refractivity contribution in [2.24, 2.45) is 0 Å². The SMILES string of the molecule is COC(=O)Cc1cccc(O[C@H](C)CCN(Cc2cccc(C(F)(F)F)c2Cl)CC(C)c2ccccc2)c1. The van der Waals surface area contributed by atoms with Gasteiger partial charge in [-0.05, 0) is 54.2 Å². The Hall–Kier alpha value is -3.03. The minimum absolute atomic E-state index is 0.158. The highest BCUT2D eigenvalue weighted by Gasteiger charge is 2.34. The molecule has 0 bridgehead atoms. The molecule has 0 fully saturated rings. The molecule has 0 heterocycles. The van der Waals surface area contributed by atoms with Gasteiger partial charge in [-0.2, -0.15) is 13.2 Å². The van der Waals surface area contributed by atoms with Crippen molar-refractivity contribution in [2.45, 2.75) is 51.4 Å². The topological polar surface area (TPSA) is 38.8 Å². The lowest BCUT2D eigenvalue weighted by Crippen LogP contribution is -2.31. The normalized spacial score (nSPS) is 13.3. The van der Waals surface area contributed by atoms with E-state index in [2.05, 4.69) is 11.8 Å². The summed E-state index contributed by atoms with van der Waals surface area (Å²) in [5.74, 6) is 0.475. The zero-order valence-electron chi connectivity index (χ0n) is 21.8. The maximum absolute atomic E-state index is 13.4. The Morgan fingerprint density at radius 2 is 1.71 bits per heavy atom. The van der Waals surface area contributed by atoms with Crippen LogP contribution in [0.4, 0.5) is 13.2 Å². The third-order valence-corrected chi connectivity index (χ3v) is 6.79. The molecule has 8 heteroatoms. The molecule has 2 atom stereocenters. The quantitative estimate of drug-likeness (QED) is 0.220. The number of rotatable bonds is 12. The maximum Gasteiger partial charge on any atom is 0.417 e. The van der Waals surface area contributed by atoms with E-state index in [4.69, 9.17) is 21.1 Å². The predicted molar refractivity (Wildman–Crippen MR) is 143 cm³/mol. The van der Waals surface area contributed by atoms with Crippen LogP contribution in [-0.4, -0.2) is 37.2 Å². The number of carbonyl (C=O) groups excluding carboxylic acids is 1. The van der Waals surface area contributed by atoms with Crippen LogP contribution in [0.3, 0.4) is 0 Å². The molecule has 0 radical (unpaired) electrons. The van der Waals surface area contributed by atoms with E-state index in [1.807, 2.05) is 61.5 Å². The number of halogens is 4. The predicted octanol–water partition coefficient (Wildman–Crippen LogP) is 7.54. The first-order valence-electron chi connectivity index (χ1n) is 12.5. The van der Waals surface area contributed by atoms with Gasteiger partial charge in [0.1, 0.15) is 5.75 Å². The fourth-order valence-electron chi connectivity index (χ4n) is 4.29. The third kappa shape index (κ3) is 8.77. The van der Waals surface area contributed by atoms with E-state index in [-0.39, 0.29) is 36.0 Å². The van der Waals surface area contributed by atoms with Crippen LogP contribution >= 0.6 is 11.6 Å². The zero-order valence-corrected chi connectivity index (χ0v) is 22.6. The van der Waals surface area contributed by atoms with Crippen LogP contribution in [-0.2, 0) is 28.7 Å². The van der Waals surface area contributed by atoms with Crippen molar-refractivity contribution in [3.8, 4) is 5.75 Å². The molecule has 0 saturated carbocycles. The zero-order chi connectivity index (χ0) is 27.7. The van der Waals surface area contributed by atoms with Gasteiger partial charge in [0.25, 0.3) is 0 Å². The Bertz CT molecular complexity index is 1190. The lowest BCUT2D eigenvalue weighted by Gasteiger charge is -2.28. The van der Waals surface area contributed by atoms with Crippen LogP contribution in [0.5, 0.6) is 5.75 Å². The van der Waals surface area contributed by atoms with E-state index in [1.165, 1.54) is 13.2 Å². The second-order valence-electron chi connectivity index (χ2n) is 9.44. The van der Waals surface area contributed by atoms with Crippen molar-refractivity contribution in [3.05, 3.63) is 100 Å². The van der Waals surface area contributed by atoms with Crippen LogP contribution in [0.1, 0.15) is 48.4 Å². The molecule has 0 amide bonds. The second kappa shape index (κ2) is 13.7. The monoisotopic (exact) mass is 547 g/mol. The van der Waals surface area contributed by atoms with E-state index < -0.39 is 11.7 Å². The van der Waals surface area contributed by atoms with Crippen LogP contribution in [0.25, 0.3) is 0 Å². The average molecular weight is 548 g/mol. The van der Waals surface area contributed by atoms with Crippen molar-refractivity contribution >= 4 is 17.6 Å². The van der Waals surface area contributed by atoms with E-state index in [1.54, 1.807) is 6.07 Å². The Morgan fingerprint density at radius 1 is 1.00 bits per heavy atom. The number of methoxy groups -OCH3 is 1. The minimum atomic E-state index is -4.51. The molecule has 0 N–H and O–H groups in total. The summed E-state index contributed by atoms with van der Waals surface area (Å²) >= 11 is 6.22. The van der Waals surface area contributed by atoms with Gasteiger partial charge in [-0.1, -0.05) is 73.1 Å². The number of nitrogens with zero attached hydrogens (tertiary/aromatic N) is 1. The number of carbonyl (C=O) groups is 1. The number of hydrogen-bond acceptors (Lipinski definition) is 4. The number of benzene rings is 3. The molecule has 3 aromatic carbocycles. The molecule has 1 unspecified atom stereocenters. The summed E-state index contributed by atoms with van der Waals surface area (Å²) in [6, 6.07) is 21.3. The van der Waals surface area contributed by atoms with Gasteiger partial charge >= 0.3 is 12.1 Å². The number of esters is 1. The van der Waals surface area contributed by atoms with Crippen LogP contribution in [0.2, 0.25) is 5.02 Å². The molecular weight excluding hydrogens is 515 g/mol. The van der Waals surface area contributed by atoms with Crippen molar-refractivity contribution < 1.29 is 27.4 Å². The molecule has 0 aliphatic rings. The summed E-state index contributed by atoms with van der Waals surface area (Å²) in [6.07, 6.45) is -3.89. The molecule has 0 aliphatic carbocycles. The highest BCUT2D eigenvalue weighted by atomic mass is 35.5. The van der Waals surface area contributed by atoms with Gasteiger partial charge in [0.15, 0.2) is 0 Å². The van der Waals surface area contributed by atoms with Crippen molar-refractivity contribution in [1.29, 1.82) is 0 Å². The summed E-state index contributed by atoms with van der Waals surface area (Å²) in [4.78, 5) is 13.7. The highest BCUT2D eigenvalue weighted by Crippen LogP contribution is 2.36. The Morgan fingerprint density at radius 3 is 2.39 bits per heavy atom. The minimum Gasteiger partial charge on any atom is -0.491 e. The van der Waals surface area contributed by atoms with Crippen LogP contribution < -0.4 is 4.74 Å². The molecule has 0 aliphatic heterocycles. The molecule has 3 aromatic rings. The van der Waals surface area contributed by atoms with Gasteiger partial charge in [0.2, 0.25) is 0 Å². The number of hydrogen-bond donors (Lipinski definition) is 0. The summed E-state index contributed by atoms with van der Waals surface area (Å²) in [5, 5.41) is -0.260. The molecular formula is C30H33ClF3NO3.